The average molecular weight is 204 g/mol. The molecule has 0 aliphatic rings. The Balaban J connectivity index is 4.19. The normalized spacial score (nSPS) is 14.7. The Bertz CT molecular complexity index is 182. The maximum Gasteiger partial charge on any atom is 0.0664 e. The van der Waals surface area contributed by atoms with Gasteiger partial charge >= 0.3 is 0 Å². The molecule has 0 aromatic heterocycles. The van der Waals surface area contributed by atoms with E-state index in [9.17, 15) is 0 Å². The summed E-state index contributed by atoms with van der Waals surface area (Å²) in [5.74, 6) is 0. The van der Waals surface area contributed by atoms with Crippen molar-refractivity contribution < 1.29 is 5.21 Å². The summed E-state index contributed by atoms with van der Waals surface area (Å²) in [6.45, 7) is 3.85. The van der Waals surface area contributed by atoms with E-state index in [4.69, 9.17) is 5.21 Å². The zero-order valence-corrected chi connectivity index (χ0v) is 7.59. The first-order valence-electron chi connectivity index (χ1n) is 2.89. The van der Waals surface area contributed by atoms with Crippen LogP contribution in [0, 0.1) is 0 Å². The first-order valence-corrected chi connectivity index (χ1v) is 3.68. The van der Waals surface area contributed by atoms with Gasteiger partial charge in [0.15, 0.2) is 0 Å². The largest absolute Gasteiger partial charge is 0.411 e. The maximum atomic E-state index is 8.06. The Morgan fingerprint density at radius 2 is 2.20 bits per heavy atom. The standard InChI is InChI=1S/C7H10BrNO/c1-3-7(8)6(2)4-5-9-10/h3-5,10H,1-2H3/b6-4-,7-3+,9-5+. The Morgan fingerprint density at radius 3 is 2.60 bits per heavy atom. The van der Waals surface area contributed by atoms with Gasteiger partial charge in [0, 0.05) is 4.48 Å². The Morgan fingerprint density at radius 1 is 1.60 bits per heavy atom. The highest BCUT2D eigenvalue weighted by Crippen LogP contribution is 2.14. The number of oxime groups is 1. The van der Waals surface area contributed by atoms with Crippen LogP contribution in [0.25, 0.3) is 0 Å². The first-order chi connectivity index (χ1) is 4.72. The van der Waals surface area contributed by atoms with Crippen LogP contribution in [0.3, 0.4) is 0 Å². The van der Waals surface area contributed by atoms with Gasteiger partial charge in [0.2, 0.25) is 0 Å². The van der Waals surface area contributed by atoms with Gasteiger partial charge in [-0.1, -0.05) is 27.2 Å². The van der Waals surface area contributed by atoms with E-state index in [0.717, 1.165) is 10.1 Å². The van der Waals surface area contributed by atoms with E-state index < -0.39 is 0 Å². The van der Waals surface area contributed by atoms with Gasteiger partial charge in [-0.2, -0.15) is 0 Å². The molecule has 0 radical (unpaired) electrons. The van der Waals surface area contributed by atoms with Gasteiger partial charge in [-0.15, -0.1) is 0 Å². The van der Waals surface area contributed by atoms with Crippen molar-refractivity contribution in [2.75, 3.05) is 0 Å². The van der Waals surface area contributed by atoms with Gasteiger partial charge in [0.1, 0.15) is 0 Å². The summed E-state index contributed by atoms with van der Waals surface area (Å²) in [4.78, 5) is 0. The second-order valence-electron chi connectivity index (χ2n) is 1.75. The molecule has 0 aromatic rings. The monoisotopic (exact) mass is 203 g/mol. The number of hydrogen-bond acceptors (Lipinski definition) is 2. The van der Waals surface area contributed by atoms with Crippen molar-refractivity contribution in [2.45, 2.75) is 13.8 Å². The number of rotatable bonds is 2. The molecule has 56 valence electrons. The minimum absolute atomic E-state index is 1.01. The van der Waals surface area contributed by atoms with Crippen LogP contribution in [0.15, 0.2) is 27.4 Å². The van der Waals surface area contributed by atoms with Gasteiger partial charge in [-0.05, 0) is 25.5 Å². The van der Waals surface area contributed by atoms with Crippen LogP contribution in [-0.2, 0) is 0 Å². The molecule has 10 heavy (non-hydrogen) atoms. The lowest BCUT2D eigenvalue weighted by molar-refractivity contribution is 0.322. The number of allylic oxidation sites excluding steroid dienone is 4. The van der Waals surface area contributed by atoms with Crippen molar-refractivity contribution in [3.63, 3.8) is 0 Å². The summed E-state index contributed by atoms with van der Waals surface area (Å²) < 4.78 is 1.01. The molecular weight excluding hydrogens is 194 g/mol. The molecule has 0 aliphatic carbocycles. The summed E-state index contributed by atoms with van der Waals surface area (Å²) >= 11 is 3.32. The zero-order valence-electron chi connectivity index (χ0n) is 6.00. The van der Waals surface area contributed by atoms with Gasteiger partial charge < -0.3 is 5.21 Å². The van der Waals surface area contributed by atoms with Crippen molar-refractivity contribution in [3.8, 4) is 0 Å². The third kappa shape index (κ3) is 3.45. The lowest BCUT2D eigenvalue weighted by atomic mass is 10.3. The van der Waals surface area contributed by atoms with Crippen molar-refractivity contribution in [1.29, 1.82) is 0 Å². The highest BCUT2D eigenvalue weighted by molar-refractivity contribution is 9.12. The fourth-order valence-corrected chi connectivity index (χ4v) is 0.585. The number of halogens is 1. The molecule has 1 N–H and O–H groups in total. The molecule has 0 fully saturated rings. The number of hydrogen-bond donors (Lipinski definition) is 1. The molecular formula is C7H10BrNO. The summed E-state index contributed by atoms with van der Waals surface area (Å²) in [6.07, 6.45) is 4.97. The topological polar surface area (TPSA) is 32.6 Å². The van der Waals surface area contributed by atoms with Gasteiger partial charge in [0.05, 0.1) is 6.21 Å². The van der Waals surface area contributed by atoms with E-state index in [1.54, 1.807) is 6.08 Å². The molecule has 0 saturated carbocycles. The molecule has 0 atom stereocenters. The molecule has 0 aliphatic heterocycles. The highest BCUT2D eigenvalue weighted by Gasteiger charge is 1.89. The lowest BCUT2D eigenvalue weighted by Gasteiger charge is -1.93. The quantitative estimate of drug-likeness (QED) is 0.319. The van der Waals surface area contributed by atoms with Crippen molar-refractivity contribution in [2.24, 2.45) is 5.16 Å². The van der Waals surface area contributed by atoms with Crippen LogP contribution in [0.5, 0.6) is 0 Å². The molecule has 0 spiro atoms. The van der Waals surface area contributed by atoms with E-state index in [1.165, 1.54) is 6.21 Å². The average Bonchev–Trinajstić information content (AvgIpc) is 1.98. The summed E-state index contributed by atoms with van der Waals surface area (Å²) in [6, 6.07) is 0. The molecule has 0 amide bonds. The molecule has 0 bridgehead atoms. The van der Waals surface area contributed by atoms with Gasteiger partial charge in [-0.25, -0.2) is 0 Å². The van der Waals surface area contributed by atoms with E-state index in [-0.39, 0.29) is 0 Å². The van der Waals surface area contributed by atoms with E-state index in [2.05, 4.69) is 21.1 Å². The Labute approximate surface area is 69.1 Å². The van der Waals surface area contributed by atoms with E-state index in [0.29, 0.717) is 0 Å². The molecule has 0 heterocycles. The van der Waals surface area contributed by atoms with Gasteiger partial charge in [-0.3, -0.25) is 0 Å². The summed E-state index contributed by atoms with van der Waals surface area (Å²) in [7, 11) is 0. The number of nitrogens with zero attached hydrogens (tertiary/aromatic N) is 1. The Hall–Kier alpha value is -0.570. The van der Waals surface area contributed by atoms with Crippen molar-refractivity contribution in [1.82, 2.24) is 0 Å². The minimum atomic E-state index is 1.01. The Kier molecular flexibility index (Phi) is 4.94. The van der Waals surface area contributed by atoms with Crippen LogP contribution >= 0.6 is 15.9 Å². The van der Waals surface area contributed by atoms with E-state index >= 15 is 0 Å². The van der Waals surface area contributed by atoms with Crippen molar-refractivity contribution >= 4 is 22.1 Å². The predicted molar refractivity (Wildman–Crippen MR) is 46.7 cm³/mol. The molecule has 3 heteroatoms. The molecule has 0 saturated heterocycles. The van der Waals surface area contributed by atoms with E-state index in [1.807, 2.05) is 19.9 Å². The smallest absolute Gasteiger partial charge is 0.0664 e. The van der Waals surface area contributed by atoms with Crippen LogP contribution in [-0.4, -0.2) is 11.4 Å². The second kappa shape index (κ2) is 5.23. The zero-order chi connectivity index (χ0) is 7.98. The first kappa shape index (κ1) is 9.43. The van der Waals surface area contributed by atoms with Crippen molar-refractivity contribution in [3.05, 3.63) is 22.2 Å². The molecule has 0 rings (SSSR count). The maximum absolute atomic E-state index is 8.06. The van der Waals surface area contributed by atoms with Crippen LogP contribution in [0.4, 0.5) is 0 Å². The fourth-order valence-electron chi connectivity index (χ4n) is 0.452. The minimum Gasteiger partial charge on any atom is -0.411 e. The van der Waals surface area contributed by atoms with Crippen LogP contribution in [0.2, 0.25) is 0 Å². The third-order valence-electron chi connectivity index (χ3n) is 1.02. The third-order valence-corrected chi connectivity index (χ3v) is 2.10. The lowest BCUT2D eigenvalue weighted by Crippen LogP contribution is -1.75. The molecule has 0 unspecified atom stereocenters. The molecule has 0 aromatic carbocycles. The summed E-state index contributed by atoms with van der Waals surface area (Å²) in [5.41, 5.74) is 1.03. The SMILES string of the molecule is C\C=C(Br)/C(C)=C\C=N\O. The highest BCUT2D eigenvalue weighted by atomic mass is 79.9. The predicted octanol–water partition coefficient (Wildman–Crippen LogP) is 2.69. The summed E-state index contributed by atoms with van der Waals surface area (Å²) in [5, 5.41) is 10.9. The second-order valence-corrected chi connectivity index (χ2v) is 2.61. The molecule has 2 nitrogen and oxygen atoms in total. The van der Waals surface area contributed by atoms with Crippen LogP contribution < -0.4 is 0 Å². The van der Waals surface area contributed by atoms with Gasteiger partial charge in [0.25, 0.3) is 0 Å². The van der Waals surface area contributed by atoms with Crippen LogP contribution in [0.1, 0.15) is 13.8 Å². The fraction of sp³-hybridized carbons (Fsp3) is 0.286.